The van der Waals surface area contributed by atoms with Crippen LogP contribution in [0.4, 0.5) is 28.4 Å². The number of ether oxygens (including phenoxy) is 2. The Balaban J connectivity index is 1.03. The molecule has 15 rings (SSSR count). The van der Waals surface area contributed by atoms with Crippen molar-refractivity contribution in [2.24, 2.45) is 11.8 Å². The Hall–Kier alpha value is -9.58. The molecule has 356 valence electrons. The van der Waals surface area contributed by atoms with E-state index in [0.29, 0.717) is 0 Å². The van der Waals surface area contributed by atoms with Crippen LogP contribution in [-0.4, -0.2) is 18.8 Å². The van der Waals surface area contributed by atoms with E-state index in [1.165, 1.54) is 70.9 Å². The normalized spacial score (nSPS) is 16.4. The second kappa shape index (κ2) is 17.0. The third-order valence-electron chi connectivity index (χ3n) is 16.0. The van der Waals surface area contributed by atoms with Crippen LogP contribution in [0.1, 0.15) is 0 Å². The molecule has 0 spiro atoms. The molecule has 0 bridgehead atoms. The summed E-state index contributed by atoms with van der Waals surface area (Å²) in [5, 5.41) is 9.78. The number of nitrogens with zero attached hydrogens (tertiary/aromatic N) is 3. The van der Waals surface area contributed by atoms with Gasteiger partial charge < -0.3 is 23.8 Å². The van der Waals surface area contributed by atoms with Gasteiger partial charge in [-0.25, -0.2) is 0 Å². The summed E-state index contributed by atoms with van der Waals surface area (Å²) in [6.07, 6.45) is 20.8. The van der Waals surface area contributed by atoms with Gasteiger partial charge in [0.05, 0.1) is 36.6 Å². The van der Waals surface area contributed by atoms with Gasteiger partial charge in [-0.1, -0.05) is 140 Å². The fourth-order valence-corrected chi connectivity index (χ4v) is 12.7. The van der Waals surface area contributed by atoms with Crippen molar-refractivity contribution in [1.82, 2.24) is 4.57 Å². The molecule has 0 fully saturated rings. The van der Waals surface area contributed by atoms with Crippen LogP contribution in [0.25, 0.3) is 70.9 Å². The molecule has 5 nitrogen and oxygen atoms in total. The number of hydrogen-bond donors (Lipinski definition) is 0. The lowest BCUT2D eigenvalue weighted by Gasteiger charge is -2.44. The molecule has 0 saturated carbocycles. The van der Waals surface area contributed by atoms with Crippen LogP contribution in [0.5, 0.6) is 11.5 Å². The first-order chi connectivity index (χ1) is 37.1. The minimum Gasteiger partial charge on any atom is -0.497 e. The minimum absolute atomic E-state index is 0.172. The minimum atomic E-state index is 0.172. The Morgan fingerprint density at radius 3 is 1.80 bits per heavy atom. The highest BCUT2D eigenvalue weighted by atomic mass is 16.5. The van der Waals surface area contributed by atoms with Crippen LogP contribution in [0.15, 0.2) is 277 Å². The van der Waals surface area contributed by atoms with Crippen molar-refractivity contribution in [3.8, 4) is 28.3 Å². The zero-order chi connectivity index (χ0) is 49.7. The van der Waals surface area contributed by atoms with Crippen LogP contribution in [0, 0.1) is 11.8 Å². The molecule has 2 atom stereocenters. The number of para-hydroxylation sites is 2. The molecule has 10 aromatic carbocycles. The van der Waals surface area contributed by atoms with E-state index in [1.807, 2.05) is 0 Å². The van der Waals surface area contributed by atoms with Crippen molar-refractivity contribution in [1.29, 1.82) is 0 Å². The van der Waals surface area contributed by atoms with E-state index in [0.717, 1.165) is 68.0 Å². The van der Waals surface area contributed by atoms with Crippen LogP contribution in [0.3, 0.4) is 0 Å². The standard InChI is InChI=1S/C70H49N3O2/c1-74-57-33-29-53(30-34-57)71(65-41-49-16-8-12-44-24-26-46-14-10-21-60(65)69(46)67(44)49)55-38-51(48-28-37-64-62(40-48)59-20-6-7-23-63(59)73(64)52-18-4-3-5-19-52)39-56(43-55)72(54-31-35-58(75-2)36-32-54)66-42-50-17-9-13-45-25-27-47-15-11-22-61(66)70(47)68(45)50/h3-43,67,69H,1-2H3. The van der Waals surface area contributed by atoms with E-state index in [2.05, 4.69) is 263 Å². The molecule has 0 saturated heterocycles. The van der Waals surface area contributed by atoms with Gasteiger partial charge in [-0.2, -0.15) is 0 Å². The molecule has 1 aromatic heterocycles. The maximum Gasteiger partial charge on any atom is 0.119 e. The average Bonchev–Trinajstić information content (AvgIpc) is 3.80. The number of fused-ring (bicyclic) bond motifs is 3. The topological polar surface area (TPSA) is 29.9 Å². The second-order valence-corrected chi connectivity index (χ2v) is 20.0. The first-order valence-corrected chi connectivity index (χ1v) is 25.8. The van der Waals surface area contributed by atoms with E-state index < -0.39 is 0 Å². The van der Waals surface area contributed by atoms with E-state index >= 15 is 0 Å². The summed E-state index contributed by atoms with van der Waals surface area (Å²) in [6, 6.07) is 71.1. The lowest BCUT2D eigenvalue weighted by molar-refractivity contribution is 0.414. The molecule has 11 aromatic rings. The van der Waals surface area contributed by atoms with Gasteiger partial charge in [0.25, 0.3) is 0 Å². The van der Waals surface area contributed by atoms with Gasteiger partial charge in [0.2, 0.25) is 0 Å². The van der Waals surface area contributed by atoms with Gasteiger partial charge >= 0.3 is 0 Å². The van der Waals surface area contributed by atoms with Crippen LogP contribution in [0.2, 0.25) is 0 Å². The summed E-state index contributed by atoms with van der Waals surface area (Å²) in [5.41, 5.74) is 17.3. The largest absolute Gasteiger partial charge is 0.497 e. The number of rotatable bonds is 10. The van der Waals surface area contributed by atoms with Crippen molar-refractivity contribution >= 4 is 82.6 Å². The predicted molar refractivity (Wildman–Crippen MR) is 312 cm³/mol. The molecular formula is C70H49N3O2. The van der Waals surface area contributed by atoms with Crippen LogP contribution < -0.4 is 19.3 Å². The van der Waals surface area contributed by atoms with Gasteiger partial charge in [-0.3, -0.25) is 0 Å². The Morgan fingerprint density at radius 1 is 0.413 bits per heavy atom. The van der Waals surface area contributed by atoms with Crippen LogP contribution >= 0.6 is 0 Å². The molecule has 2 unspecified atom stereocenters. The Labute approximate surface area is 435 Å². The molecule has 4 aliphatic rings. The van der Waals surface area contributed by atoms with Gasteiger partial charge in [0, 0.05) is 56.4 Å². The highest BCUT2D eigenvalue weighted by molar-refractivity contribution is 6.26. The number of aromatic nitrogens is 1. The smallest absolute Gasteiger partial charge is 0.119 e. The van der Waals surface area contributed by atoms with Crippen molar-refractivity contribution in [2.45, 2.75) is 0 Å². The number of methoxy groups -OCH3 is 2. The maximum absolute atomic E-state index is 5.81. The monoisotopic (exact) mass is 963 g/mol. The van der Waals surface area contributed by atoms with E-state index in [9.17, 15) is 0 Å². The zero-order valence-electron chi connectivity index (χ0n) is 41.5. The third-order valence-corrected chi connectivity index (χ3v) is 16.0. The summed E-state index contributed by atoms with van der Waals surface area (Å²) < 4.78 is 14.0. The van der Waals surface area contributed by atoms with Gasteiger partial charge in [0.15, 0.2) is 0 Å². The van der Waals surface area contributed by atoms with E-state index in [1.54, 1.807) is 14.2 Å². The molecule has 5 heteroatoms. The Kier molecular flexibility index (Phi) is 9.76. The summed E-state index contributed by atoms with van der Waals surface area (Å²) in [6.45, 7) is 0. The molecular weight excluding hydrogens is 915 g/mol. The Morgan fingerprint density at radius 2 is 1.04 bits per heavy atom. The predicted octanol–water partition coefficient (Wildman–Crippen LogP) is 18.0. The lowest BCUT2D eigenvalue weighted by Crippen LogP contribution is -2.34. The van der Waals surface area contributed by atoms with Gasteiger partial charge in [-0.05, 0) is 170 Å². The molecule has 0 amide bonds. The summed E-state index contributed by atoms with van der Waals surface area (Å²) in [7, 11) is 3.46. The highest BCUT2D eigenvalue weighted by Gasteiger charge is 2.41. The quantitative estimate of drug-likeness (QED) is 0.128. The highest BCUT2D eigenvalue weighted by Crippen LogP contribution is 2.54. The molecule has 0 N–H and O–H groups in total. The zero-order valence-corrected chi connectivity index (χ0v) is 41.5. The average molecular weight is 964 g/mol. The van der Waals surface area contributed by atoms with Crippen molar-refractivity contribution in [2.75, 3.05) is 24.0 Å². The second-order valence-electron chi connectivity index (χ2n) is 20.0. The fourth-order valence-electron chi connectivity index (χ4n) is 12.7. The van der Waals surface area contributed by atoms with Gasteiger partial charge in [-0.15, -0.1) is 0 Å². The van der Waals surface area contributed by atoms with E-state index in [-0.39, 0.29) is 11.8 Å². The third kappa shape index (κ3) is 6.78. The number of anilines is 5. The molecule has 75 heavy (non-hydrogen) atoms. The summed E-state index contributed by atoms with van der Waals surface area (Å²) in [5.74, 6) is 2.03. The summed E-state index contributed by atoms with van der Waals surface area (Å²) in [4.78, 5) is 4.95. The molecule has 1 heterocycles. The lowest BCUT2D eigenvalue weighted by atomic mass is 9.63. The number of allylic oxidation sites excluding steroid dienone is 13. The van der Waals surface area contributed by atoms with E-state index in [4.69, 9.17) is 9.47 Å². The van der Waals surface area contributed by atoms with Crippen molar-refractivity contribution in [3.63, 3.8) is 0 Å². The van der Waals surface area contributed by atoms with Crippen molar-refractivity contribution < 1.29 is 9.47 Å². The fraction of sp³-hybridized carbons (Fsp3) is 0.0571. The molecule has 0 aliphatic heterocycles. The first-order valence-electron chi connectivity index (χ1n) is 25.8. The SMILES string of the molecule is COc1ccc(N(C2=CC3=CC=CC4=CC=C5C=CC=C2C5C43)c2cc(-c3ccc4c(c3)c3ccccc3n4-c3ccccc3)cc(N(c3ccc(OC)cc3)c3cc4cccc5ccc6cccc3c6c54)c2)cc1. The summed E-state index contributed by atoms with van der Waals surface area (Å²) >= 11 is 0. The maximum atomic E-state index is 5.81. The Bertz CT molecular complexity index is 4370. The first kappa shape index (κ1) is 43.0. The molecule has 4 aliphatic carbocycles. The van der Waals surface area contributed by atoms with Gasteiger partial charge in [0.1, 0.15) is 11.5 Å². The number of benzene rings is 10. The van der Waals surface area contributed by atoms with Crippen LogP contribution in [-0.2, 0) is 0 Å². The van der Waals surface area contributed by atoms with Crippen molar-refractivity contribution in [3.05, 3.63) is 277 Å². The molecule has 0 radical (unpaired) electrons. The number of hydrogen-bond acceptors (Lipinski definition) is 4.